The first kappa shape index (κ1) is 12.2. The van der Waals surface area contributed by atoms with Crippen LogP contribution in [0.3, 0.4) is 0 Å². The highest BCUT2D eigenvalue weighted by atomic mass is 16.5. The van der Waals surface area contributed by atoms with Gasteiger partial charge in [0.1, 0.15) is 0 Å². The third-order valence-electron chi connectivity index (χ3n) is 2.22. The van der Waals surface area contributed by atoms with Crippen LogP contribution < -0.4 is 5.32 Å². The van der Waals surface area contributed by atoms with Gasteiger partial charge in [0.2, 0.25) is 5.89 Å². The number of hydrogen-bond acceptors (Lipinski definition) is 4. The van der Waals surface area contributed by atoms with E-state index in [0.29, 0.717) is 5.82 Å². The van der Waals surface area contributed by atoms with Crippen molar-refractivity contribution >= 4 is 0 Å². The summed E-state index contributed by atoms with van der Waals surface area (Å²) in [7, 11) is 0. The summed E-state index contributed by atoms with van der Waals surface area (Å²) in [5.74, 6) is 2.24. The maximum Gasteiger partial charge on any atom is 0.227 e. The minimum atomic E-state index is 0.713. The van der Waals surface area contributed by atoms with Crippen LogP contribution in [0.4, 0.5) is 0 Å². The summed E-state index contributed by atoms with van der Waals surface area (Å²) >= 11 is 0. The topological polar surface area (TPSA) is 51.0 Å². The fraction of sp³-hybridized carbons (Fsp3) is 0.818. The van der Waals surface area contributed by atoms with Crippen molar-refractivity contribution in [3.05, 3.63) is 11.7 Å². The van der Waals surface area contributed by atoms with Gasteiger partial charge in [-0.2, -0.15) is 4.98 Å². The number of rotatable bonds is 7. The van der Waals surface area contributed by atoms with E-state index in [0.717, 1.165) is 31.3 Å². The van der Waals surface area contributed by atoms with Gasteiger partial charge in [-0.1, -0.05) is 19.0 Å². The molecule has 0 aliphatic rings. The van der Waals surface area contributed by atoms with Crippen molar-refractivity contribution in [1.29, 1.82) is 0 Å². The summed E-state index contributed by atoms with van der Waals surface area (Å²) in [5.41, 5.74) is 0. The molecule has 4 nitrogen and oxygen atoms in total. The van der Waals surface area contributed by atoms with Crippen LogP contribution in [0.1, 0.15) is 38.4 Å². The average molecular weight is 211 g/mol. The molecule has 1 N–H and O–H groups in total. The summed E-state index contributed by atoms with van der Waals surface area (Å²) in [5, 5.41) is 7.11. The second kappa shape index (κ2) is 6.56. The van der Waals surface area contributed by atoms with Crippen molar-refractivity contribution < 1.29 is 4.52 Å². The smallest absolute Gasteiger partial charge is 0.227 e. The minimum Gasteiger partial charge on any atom is -0.339 e. The maximum atomic E-state index is 5.01. The zero-order chi connectivity index (χ0) is 11.1. The standard InChI is InChI=1S/C11H21N3O/c1-9(2)5-4-7-12-8-6-11-13-10(3)14-15-11/h9,12H,4-8H2,1-3H3. The molecule has 0 unspecified atom stereocenters. The molecule has 1 rings (SSSR count). The molecule has 0 fully saturated rings. The van der Waals surface area contributed by atoms with E-state index in [9.17, 15) is 0 Å². The Morgan fingerprint density at radius 1 is 1.33 bits per heavy atom. The molecule has 0 radical (unpaired) electrons. The molecule has 4 heteroatoms. The Balaban J connectivity index is 1.98. The summed E-state index contributed by atoms with van der Waals surface area (Å²) in [6, 6.07) is 0. The minimum absolute atomic E-state index is 0.713. The van der Waals surface area contributed by atoms with Gasteiger partial charge in [-0.25, -0.2) is 0 Å². The lowest BCUT2D eigenvalue weighted by atomic mass is 10.1. The first-order chi connectivity index (χ1) is 7.18. The van der Waals surface area contributed by atoms with E-state index >= 15 is 0 Å². The molecular weight excluding hydrogens is 190 g/mol. The van der Waals surface area contributed by atoms with Gasteiger partial charge < -0.3 is 9.84 Å². The predicted octanol–water partition coefficient (Wildman–Crippen LogP) is 1.95. The average Bonchev–Trinajstić information content (AvgIpc) is 2.57. The number of hydrogen-bond donors (Lipinski definition) is 1. The van der Waals surface area contributed by atoms with Crippen molar-refractivity contribution in [2.75, 3.05) is 13.1 Å². The Morgan fingerprint density at radius 3 is 2.73 bits per heavy atom. The van der Waals surface area contributed by atoms with E-state index in [2.05, 4.69) is 29.3 Å². The number of aryl methyl sites for hydroxylation is 1. The van der Waals surface area contributed by atoms with Crippen LogP contribution in [0, 0.1) is 12.8 Å². The van der Waals surface area contributed by atoms with Gasteiger partial charge in [0.25, 0.3) is 0 Å². The highest BCUT2D eigenvalue weighted by molar-refractivity contribution is 4.83. The maximum absolute atomic E-state index is 5.01. The molecular formula is C11H21N3O. The van der Waals surface area contributed by atoms with Crippen LogP contribution in [0.5, 0.6) is 0 Å². The van der Waals surface area contributed by atoms with Crippen LogP contribution in [-0.4, -0.2) is 23.2 Å². The Bertz CT molecular complexity index is 271. The molecule has 0 spiro atoms. The fourth-order valence-electron chi connectivity index (χ4n) is 1.40. The van der Waals surface area contributed by atoms with Crippen molar-refractivity contribution in [3.8, 4) is 0 Å². The third kappa shape index (κ3) is 5.52. The quantitative estimate of drug-likeness (QED) is 0.700. The molecule has 0 saturated heterocycles. The lowest BCUT2D eigenvalue weighted by Gasteiger charge is -2.04. The third-order valence-corrected chi connectivity index (χ3v) is 2.22. The van der Waals surface area contributed by atoms with Gasteiger partial charge >= 0.3 is 0 Å². The molecule has 0 atom stereocenters. The van der Waals surface area contributed by atoms with Gasteiger partial charge in [-0.15, -0.1) is 0 Å². The molecule has 1 heterocycles. The largest absolute Gasteiger partial charge is 0.339 e. The number of nitrogens with one attached hydrogen (secondary N) is 1. The highest BCUT2D eigenvalue weighted by Gasteiger charge is 2.01. The lowest BCUT2D eigenvalue weighted by molar-refractivity contribution is 0.372. The van der Waals surface area contributed by atoms with Gasteiger partial charge in [0.05, 0.1) is 0 Å². The van der Waals surface area contributed by atoms with Crippen LogP contribution >= 0.6 is 0 Å². The van der Waals surface area contributed by atoms with E-state index in [4.69, 9.17) is 4.52 Å². The van der Waals surface area contributed by atoms with Crippen molar-refractivity contribution in [1.82, 2.24) is 15.5 Å². The van der Waals surface area contributed by atoms with Gasteiger partial charge in [-0.3, -0.25) is 0 Å². The Hall–Kier alpha value is -0.900. The van der Waals surface area contributed by atoms with E-state index in [1.54, 1.807) is 0 Å². The zero-order valence-electron chi connectivity index (χ0n) is 9.92. The molecule has 0 saturated carbocycles. The molecule has 0 bridgehead atoms. The molecule has 1 aromatic rings. The first-order valence-corrected chi connectivity index (χ1v) is 5.68. The summed E-state index contributed by atoms with van der Waals surface area (Å²) in [4.78, 5) is 4.14. The predicted molar refractivity (Wildman–Crippen MR) is 59.7 cm³/mol. The van der Waals surface area contributed by atoms with Crippen molar-refractivity contribution in [2.24, 2.45) is 5.92 Å². The normalized spacial score (nSPS) is 11.2. The summed E-state index contributed by atoms with van der Waals surface area (Å²) in [6.45, 7) is 8.33. The number of nitrogens with zero attached hydrogens (tertiary/aromatic N) is 2. The van der Waals surface area contributed by atoms with E-state index in [-0.39, 0.29) is 0 Å². The number of aromatic nitrogens is 2. The monoisotopic (exact) mass is 211 g/mol. The van der Waals surface area contributed by atoms with E-state index in [1.807, 2.05) is 6.92 Å². The summed E-state index contributed by atoms with van der Waals surface area (Å²) in [6.07, 6.45) is 3.34. The summed E-state index contributed by atoms with van der Waals surface area (Å²) < 4.78 is 5.01. The van der Waals surface area contributed by atoms with Gasteiger partial charge in [0.15, 0.2) is 5.82 Å². The Kier molecular flexibility index (Phi) is 5.32. The molecule has 1 aromatic heterocycles. The van der Waals surface area contributed by atoms with E-state index in [1.165, 1.54) is 12.8 Å². The van der Waals surface area contributed by atoms with Crippen LogP contribution in [0.2, 0.25) is 0 Å². The van der Waals surface area contributed by atoms with Crippen molar-refractivity contribution in [3.63, 3.8) is 0 Å². The zero-order valence-corrected chi connectivity index (χ0v) is 9.92. The SMILES string of the molecule is Cc1noc(CCNCCCC(C)C)n1. The molecule has 0 aliphatic heterocycles. The Labute approximate surface area is 91.5 Å². The lowest BCUT2D eigenvalue weighted by Crippen LogP contribution is -2.19. The second-order valence-corrected chi connectivity index (χ2v) is 4.27. The van der Waals surface area contributed by atoms with Crippen LogP contribution in [0.25, 0.3) is 0 Å². The fourth-order valence-corrected chi connectivity index (χ4v) is 1.40. The van der Waals surface area contributed by atoms with Gasteiger partial charge in [-0.05, 0) is 32.2 Å². The molecule has 86 valence electrons. The first-order valence-electron chi connectivity index (χ1n) is 5.68. The molecule has 0 amide bonds. The molecule has 0 aliphatic carbocycles. The Morgan fingerprint density at radius 2 is 2.13 bits per heavy atom. The van der Waals surface area contributed by atoms with Crippen molar-refractivity contribution in [2.45, 2.75) is 40.0 Å². The van der Waals surface area contributed by atoms with E-state index < -0.39 is 0 Å². The van der Waals surface area contributed by atoms with Crippen LogP contribution in [-0.2, 0) is 6.42 Å². The molecule has 15 heavy (non-hydrogen) atoms. The highest BCUT2D eigenvalue weighted by Crippen LogP contribution is 2.01. The molecule has 0 aromatic carbocycles. The van der Waals surface area contributed by atoms with Gasteiger partial charge in [0, 0.05) is 13.0 Å². The second-order valence-electron chi connectivity index (χ2n) is 4.27. The van der Waals surface area contributed by atoms with Crippen LogP contribution in [0.15, 0.2) is 4.52 Å².